The van der Waals surface area contributed by atoms with E-state index in [-0.39, 0.29) is 0 Å². The van der Waals surface area contributed by atoms with E-state index in [0.29, 0.717) is 0 Å². The molecule has 82 valence electrons. The summed E-state index contributed by atoms with van der Waals surface area (Å²) >= 11 is 0. The van der Waals surface area contributed by atoms with Crippen molar-refractivity contribution in [1.82, 2.24) is 0 Å². The Morgan fingerprint density at radius 3 is 1.50 bits per heavy atom. The SMILES string of the molecule is C=CC.CC=COC=CC.O=C(O)O. The van der Waals surface area contributed by atoms with Crippen LogP contribution in [0.2, 0.25) is 0 Å². The lowest BCUT2D eigenvalue weighted by atomic mass is 10.7. The Hall–Kier alpha value is -1.71. The summed E-state index contributed by atoms with van der Waals surface area (Å²) in [5, 5.41) is 13.9. The summed E-state index contributed by atoms with van der Waals surface area (Å²) in [5.74, 6) is 0. The molecular weight excluding hydrogens is 184 g/mol. The second kappa shape index (κ2) is 22.5. The maximum absolute atomic E-state index is 8.56. The van der Waals surface area contributed by atoms with E-state index < -0.39 is 6.16 Å². The molecule has 0 aromatic carbocycles. The summed E-state index contributed by atoms with van der Waals surface area (Å²) in [7, 11) is 0. The lowest BCUT2D eigenvalue weighted by molar-refractivity contribution is 0.137. The molecule has 0 spiro atoms. The number of hydrogen-bond donors (Lipinski definition) is 2. The van der Waals surface area contributed by atoms with Crippen LogP contribution in [0.1, 0.15) is 20.8 Å². The average Bonchev–Trinajstić information content (AvgIpc) is 2.06. The first-order valence-electron chi connectivity index (χ1n) is 3.93. The molecule has 4 heteroatoms. The maximum atomic E-state index is 8.56. The van der Waals surface area contributed by atoms with Gasteiger partial charge in [-0.25, -0.2) is 4.79 Å². The van der Waals surface area contributed by atoms with Crippen molar-refractivity contribution in [3.8, 4) is 0 Å². The number of carboxylic acid groups (broad SMARTS) is 2. The van der Waals surface area contributed by atoms with Crippen molar-refractivity contribution in [3.63, 3.8) is 0 Å². The molecule has 0 amide bonds. The Kier molecular flexibility index (Phi) is 29.2. The zero-order valence-corrected chi connectivity index (χ0v) is 8.80. The summed E-state index contributed by atoms with van der Waals surface area (Å²) in [6.07, 6.45) is 6.83. The Labute approximate surface area is 84.8 Å². The predicted molar refractivity (Wildman–Crippen MR) is 57.2 cm³/mol. The molecule has 0 radical (unpaired) electrons. The van der Waals surface area contributed by atoms with Crippen molar-refractivity contribution < 1.29 is 19.7 Å². The predicted octanol–water partition coefficient (Wildman–Crippen LogP) is 3.48. The first-order valence-corrected chi connectivity index (χ1v) is 3.93. The van der Waals surface area contributed by atoms with Crippen molar-refractivity contribution >= 4 is 6.16 Å². The average molecular weight is 202 g/mol. The summed E-state index contributed by atoms with van der Waals surface area (Å²) in [6, 6.07) is 0. The smallest absolute Gasteiger partial charge is 0.473 e. The highest BCUT2D eigenvalue weighted by molar-refractivity contribution is 5.53. The molecule has 4 nitrogen and oxygen atoms in total. The molecule has 0 unspecified atom stereocenters. The van der Waals surface area contributed by atoms with Gasteiger partial charge in [-0.05, 0) is 20.8 Å². The third-order valence-electron chi connectivity index (χ3n) is 0.429. The molecule has 0 fully saturated rings. The molecule has 0 atom stereocenters. The second-order valence-corrected chi connectivity index (χ2v) is 1.77. The van der Waals surface area contributed by atoms with Crippen LogP contribution >= 0.6 is 0 Å². The molecule has 14 heavy (non-hydrogen) atoms. The van der Waals surface area contributed by atoms with Gasteiger partial charge in [0.15, 0.2) is 0 Å². The highest BCUT2D eigenvalue weighted by Gasteiger charge is 1.70. The van der Waals surface area contributed by atoms with Crippen molar-refractivity contribution in [2.24, 2.45) is 0 Å². The van der Waals surface area contributed by atoms with Gasteiger partial charge in [-0.1, -0.05) is 18.2 Å². The van der Waals surface area contributed by atoms with E-state index in [2.05, 4.69) is 6.58 Å². The summed E-state index contributed by atoms with van der Waals surface area (Å²) in [5.41, 5.74) is 0. The molecule has 0 bridgehead atoms. The van der Waals surface area contributed by atoms with Gasteiger partial charge in [0, 0.05) is 0 Å². The standard InChI is InChI=1S/C6H10O.C3H6.CH2O3/c1-3-5-7-6-4-2;1-3-2;2-1(3)4/h3-6H,1-2H3;3H,1H2,2H3;(H2,2,3,4). The van der Waals surface area contributed by atoms with Gasteiger partial charge < -0.3 is 14.9 Å². The lowest BCUT2D eigenvalue weighted by Crippen LogP contribution is -1.81. The Balaban J connectivity index is -0.000000147. The molecule has 0 aliphatic rings. The van der Waals surface area contributed by atoms with E-state index in [4.69, 9.17) is 19.7 Å². The highest BCUT2D eigenvalue weighted by atomic mass is 16.6. The molecule has 0 saturated carbocycles. The Morgan fingerprint density at radius 1 is 1.14 bits per heavy atom. The molecule has 2 N–H and O–H groups in total. The molecule has 0 aliphatic heterocycles. The number of hydrogen-bond acceptors (Lipinski definition) is 2. The molecule has 0 aromatic heterocycles. The van der Waals surface area contributed by atoms with Gasteiger partial charge in [0.05, 0.1) is 12.5 Å². The van der Waals surface area contributed by atoms with Gasteiger partial charge in [0.25, 0.3) is 0 Å². The van der Waals surface area contributed by atoms with E-state index in [1.54, 1.807) is 18.6 Å². The highest BCUT2D eigenvalue weighted by Crippen LogP contribution is 1.76. The number of rotatable bonds is 2. The maximum Gasteiger partial charge on any atom is 0.503 e. The van der Waals surface area contributed by atoms with Crippen molar-refractivity contribution in [1.29, 1.82) is 0 Å². The number of ether oxygens (including phenoxy) is 1. The van der Waals surface area contributed by atoms with Crippen molar-refractivity contribution in [3.05, 3.63) is 37.3 Å². The lowest BCUT2D eigenvalue weighted by Gasteiger charge is -1.82. The van der Waals surface area contributed by atoms with Crippen LogP contribution in [0.5, 0.6) is 0 Å². The normalized spacial score (nSPS) is 8.21. The van der Waals surface area contributed by atoms with E-state index in [1.165, 1.54) is 0 Å². The largest absolute Gasteiger partial charge is 0.503 e. The van der Waals surface area contributed by atoms with E-state index in [1.807, 2.05) is 32.9 Å². The molecule has 0 saturated heterocycles. The fourth-order valence-corrected chi connectivity index (χ4v) is 0.202. The van der Waals surface area contributed by atoms with Crippen molar-refractivity contribution in [2.75, 3.05) is 0 Å². The van der Waals surface area contributed by atoms with Crippen molar-refractivity contribution in [2.45, 2.75) is 20.8 Å². The van der Waals surface area contributed by atoms with Crippen LogP contribution in [-0.2, 0) is 4.74 Å². The molecule has 0 rings (SSSR count). The molecule has 0 aromatic rings. The number of carbonyl (C=O) groups is 1. The first kappa shape index (κ1) is 18.2. The minimum atomic E-state index is -1.83. The third-order valence-corrected chi connectivity index (χ3v) is 0.429. The molecule has 0 heterocycles. The van der Waals surface area contributed by atoms with Crippen LogP contribution in [0.25, 0.3) is 0 Å². The fraction of sp³-hybridized carbons (Fsp3) is 0.300. The zero-order chi connectivity index (χ0) is 11.8. The first-order chi connectivity index (χ1) is 6.56. The van der Waals surface area contributed by atoms with Gasteiger partial charge in [-0.2, -0.15) is 0 Å². The van der Waals surface area contributed by atoms with Crippen LogP contribution in [0, 0.1) is 0 Å². The summed E-state index contributed by atoms with van der Waals surface area (Å²) in [6.45, 7) is 9.06. The minimum Gasteiger partial charge on any atom is -0.473 e. The monoisotopic (exact) mass is 202 g/mol. The summed E-state index contributed by atoms with van der Waals surface area (Å²) in [4.78, 5) is 8.56. The fourth-order valence-electron chi connectivity index (χ4n) is 0.202. The molecule has 0 aliphatic carbocycles. The van der Waals surface area contributed by atoms with Crippen LogP contribution in [0.15, 0.2) is 37.3 Å². The number of allylic oxidation sites excluding steroid dienone is 3. The van der Waals surface area contributed by atoms with Gasteiger partial charge in [-0.15, -0.1) is 6.58 Å². The topological polar surface area (TPSA) is 66.8 Å². The van der Waals surface area contributed by atoms with E-state index in [0.717, 1.165) is 0 Å². The zero-order valence-electron chi connectivity index (χ0n) is 8.80. The quantitative estimate of drug-likeness (QED) is 0.531. The third kappa shape index (κ3) is 169. The Morgan fingerprint density at radius 2 is 1.36 bits per heavy atom. The minimum absolute atomic E-state index is 1.62. The van der Waals surface area contributed by atoms with Crippen LogP contribution in [0.3, 0.4) is 0 Å². The van der Waals surface area contributed by atoms with Crippen LogP contribution < -0.4 is 0 Å². The van der Waals surface area contributed by atoms with Gasteiger partial charge in [0.1, 0.15) is 0 Å². The van der Waals surface area contributed by atoms with Crippen LogP contribution in [0.4, 0.5) is 4.79 Å². The van der Waals surface area contributed by atoms with Gasteiger partial charge in [-0.3, -0.25) is 0 Å². The molecular formula is C10H18O4. The van der Waals surface area contributed by atoms with Gasteiger partial charge >= 0.3 is 6.16 Å². The second-order valence-electron chi connectivity index (χ2n) is 1.77. The summed E-state index contributed by atoms with van der Waals surface area (Å²) < 4.78 is 4.77. The van der Waals surface area contributed by atoms with Crippen LogP contribution in [-0.4, -0.2) is 16.4 Å². The van der Waals surface area contributed by atoms with E-state index >= 15 is 0 Å². The van der Waals surface area contributed by atoms with E-state index in [9.17, 15) is 0 Å². The van der Waals surface area contributed by atoms with Gasteiger partial charge in [0.2, 0.25) is 0 Å². The Bertz CT molecular complexity index is 157.